The fraction of sp³-hybridized carbons (Fsp3) is 0.364. The van der Waals surface area contributed by atoms with Gasteiger partial charge in [-0.3, -0.25) is 4.84 Å². The van der Waals surface area contributed by atoms with Crippen LogP contribution in [0.4, 0.5) is 5.69 Å². The Kier molecular flexibility index (Phi) is 3.07. The molecule has 0 aliphatic carbocycles. The molecule has 86 valence electrons. The predicted octanol–water partition coefficient (Wildman–Crippen LogP) is 0.655. The number of nitrogens with zero attached hydrogens (tertiary/aromatic N) is 1. The Hall–Kier alpha value is -1.59. The van der Waals surface area contributed by atoms with Crippen LogP contribution in [0, 0.1) is 0 Å². The number of rotatable bonds is 2. The summed E-state index contributed by atoms with van der Waals surface area (Å²) in [5.74, 6) is -0.395. The molecule has 0 aromatic heterocycles. The Morgan fingerprint density at radius 1 is 1.50 bits per heavy atom. The maximum atomic E-state index is 11.3. The van der Waals surface area contributed by atoms with Crippen molar-refractivity contribution in [2.24, 2.45) is 5.73 Å². The van der Waals surface area contributed by atoms with Gasteiger partial charge in [0.25, 0.3) is 0 Å². The monoisotopic (exact) mass is 222 g/mol. The van der Waals surface area contributed by atoms with Crippen molar-refractivity contribution >= 4 is 11.7 Å². The van der Waals surface area contributed by atoms with Gasteiger partial charge in [0, 0.05) is 6.42 Å². The summed E-state index contributed by atoms with van der Waals surface area (Å²) in [5.41, 5.74) is 6.72. The highest BCUT2D eigenvalue weighted by atomic mass is 16.7. The van der Waals surface area contributed by atoms with Gasteiger partial charge in [-0.15, -0.1) is 0 Å². The third kappa shape index (κ3) is 2.00. The Balaban J connectivity index is 2.11. The Morgan fingerprint density at radius 3 is 2.81 bits per heavy atom. The molecule has 2 N–H and O–H groups in total. The summed E-state index contributed by atoms with van der Waals surface area (Å²) in [6.45, 7) is 0. The molecule has 1 aromatic rings. The number of hydrogen-bond acceptors (Lipinski definition) is 5. The van der Waals surface area contributed by atoms with Crippen LogP contribution < -0.4 is 10.8 Å². The van der Waals surface area contributed by atoms with E-state index in [0.29, 0.717) is 6.42 Å². The third-order valence-electron chi connectivity index (χ3n) is 2.47. The molecule has 0 unspecified atom stereocenters. The molecule has 1 heterocycles. The van der Waals surface area contributed by atoms with Crippen molar-refractivity contribution in [3.63, 3.8) is 0 Å². The maximum absolute atomic E-state index is 11.3. The summed E-state index contributed by atoms with van der Waals surface area (Å²) in [4.78, 5) is 16.8. The van der Waals surface area contributed by atoms with Gasteiger partial charge in [0.05, 0.1) is 12.8 Å². The summed E-state index contributed by atoms with van der Waals surface area (Å²) in [6, 6.07) is 9.43. The van der Waals surface area contributed by atoms with E-state index in [2.05, 4.69) is 4.74 Å². The van der Waals surface area contributed by atoms with Gasteiger partial charge >= 0.3 is 5.97 Å². The number of para-hydroxylation sites is 1. The zero-order chi connectivity index (χ0) is 11.5. The highest BCUT2D eigenvalue weighted by molar-refractivity contribution is 5.75. The van der Waals surface area contributed by atoms with Crippen molar-refractivity contribution < 1.29 is 14.4 Å². The van der Waals surface area contributed by atoms with Crippen molar-refractivity contribution in [2.45, 2.75) is 18.7 Å². The fourth-order valence-corrected chi connectivity index (χ4v) is 1.67. The first-order valence-electron chi connectivity index (χ1n) is 5.07. The van der Waals surface area contributed by atoms with Crippen LogP contribution in [-0.2, 0) is 14.4 Å². The van der Waals surface area contributed by atoms with Crippen LogP contribution in [0.25, 0.3) is 0 Å². The Labute approximate surface area is 93.7 Å². The largest absolute Gasteiger partial charge is 0.467 e. The number of esters is 1. The molecule has 0 spiro atoms. The van der Waals surface area contributed by atoms with Gasteiger partial charge in [-0.2, -0.15) is 0 Å². The number of ether oxygens (including phenoxy) is 1. The van der Waals surface area contributed by atoms with Crippen molar-refractivity contribution in [2.75, 3.05) is 12.2 Å². The lowest BCUT2D eigenvalue weighted by Crippen LogP contribution is -2.35. The summed E-state index contributed by atoms with van der Waals surface area (Å²) in [6.07, 6.45) is -0.506. The lowest BCUT2D eigenvalue weighted by Gasteiger charge is -2.21. The van der Waals surface area contributed by atoms with Crippen molar-refractivity contribution in [1.82, 2.24) is 0 Å². The Morgan fingerprint density at radius 2 is 2.19 bits per heavy atom. The molecular weight excluding hydrogens is 208 g/mol. The molecule has 5 heteroatoms. The number of nitrogens with two attached hydrogens (primary N) is 1. The number of benzene rings is 1. The minimum atomic E-state index is -0.611. The molecule has 0 bridgehead atoms. The average molecular weight is 222 g/mol. The minimum Gasteiger partial charge on any atom is -0.467 e. The van der Waals surface area contributed by atoms with E-state index in [1.165, 1.54) is 7.11 Å². The van der Waals surface area contributed by atoms with E-state index < -0.39 is 12.1 Å². The highest BCUT2D eigenvalue weighted by Crippen LogP contribution is 2.25. The van der Waals surface area contributed by atoms with E-state index in [1.807, 2.05) is 30.3 Å². The fourth-order valence-electron chi connectivity index (χ4n) is 1.67. The minimum absolute atomic E-state index is 0.327. The van der Waals surface area contributed by atoms with Crippen LogP contribution in [0.1, 0.15) is 6.42 Å². The number of carbonyl (C=O) groups excluding carboxylic acids is 1. The first-order chi connectivity index (χ1) is 7.72. The van der Waals surface area contributed by atoms with E-state index in [9.17, 15) is 4.79 Å². The van der Waals surface area contributed by atoms with E-state index in [-0.39, 0.29) is 6.17 Å². The van der Waals surface area contributed by atoms with Gasteiger partial charge in [0.15, 0.2) is 6.10 Å². The lowest BCUT2D eigenvalue weighted by atomic mass is 10.2. The van der Waals surface area contributed by atoms with Crippen LogP contribution in [0.3, 0.4) is 0 Å². The molecule has 1 aromatic carbocycles. The van der Waals surface area contributed by atoms with Crippen molar-refractivity contribution in [3.8, 4) is 0 Å². The van der Waals surface area contributed by atoms with Gasteiger partial charge in [-0.25, -0.2) is 9.86 Å². The second-order valence-electron chi connectivity index (χ2n) is 3.58. The topological polar surface area (TPSA) is 64.8 Å². The maximum Gasteiger partial charge on any atom is 0.337 e. The van der Waals surface area contributed by atoms with E-state index in [1.54, 1.807) is 5.06 Å². The molecule has 0 saturated carbocycles. The van der Waals surface area contributed by atoms with Gasteiger partial charge in [-0.05, 0) is 12.1 Å². The van der Waals surface area contributed by atoms with Gasteiger partial charge in [0.2, 0.25) is 0 Å². The quantitative estimate of drug-likeness (QED) is 0.744. The predicted molar refractivity (Wildman–Crippen MR) is 58.4 cm³/mol. The van der Waals surface area contributed by atoms with Crippen LogP contribution in [0.15, 0.2) is 30.3 Å². The summed E-state index contributed by atoms with van der Waals surface area (Å²) in [7, 11) is 1.34. The van der Waals surface area contributed by atoms with Gasteiger partial charge < -0.3 is 10.5 Å². The second-order valence-corrected chi connectivity index (χ2v) is 3.58. The molecule has 2 rings (SSSR count). The summed E-state index contributed by atoms with van der Waals surface area (Å²) < 4.78 is 4.62. The molecule has 1 aliphatic rings. The number of hydrogen-bond donors (Lipinski definition) is 1. The molecule has 0 amide bonds. The smallest absolute Gasteiger partial charge is 0.337 e. The van der Waals surface area contributed by atoms with Crippen LogP contribution in [0.2, 0.25) is 0 Å². The first-order valence-corrected chi connectivity index (χ1v) is 5.07. The Bertz CT molecular complexity index is 369. The van der Waals surface area contributed by atoms with Gasteiger partial charge in [-0.1, -0.05) is 18.2 Å². The van der Waals surface area contributed by atoms with Crippen molar-refractivity contribution in [1.29, 1.82) is 0 Å². The molecule has 16 heavy (non-hydrogen) atoms. The van der Waals surface area contributed by atoms with Crippen LogP contribution >= 0.6 is 0 Å². The van der Waals surface area contributed by atoms with Crippen molar-refractivity contribution in [3.05, 3.63) is 30.3 Å². The number of methoxy groups -OCH3 is 1. The number of anilines is 1. The summed E-state index contributed by atoms with van der Waals surface area (Å²) in [5, 5.41) is 1.54. The molecule has 2 atom stereocenters. The normalized spacial score (nSPS) is 24.5. The molecule has 1 aliphatic heterocycles. The van der Waals surface area contributed by atoms with Gasteiger partial charge in [0.1, 0.15) is 6.17 Å². The molecule has 0 radical (unpaired) electrons. The molecular formula is C11H14N2O3. The summed E-state index contributed by atoms with van der Waals surface area (Å²) >= 11 is 0. The SMILES string of the molecule is COC(=O)[C@H]1C[C@H](N)N(c2ccccc2)O1. The highest BCUT2D eigenvalue weighted by Gasteiger charge is 2.36. The first kappa shape index (κ1) is 10.9. The molecule has 1 fully saturated rings. The second kappa shape index (κ2) is 4.51. The van der Waals surface area contributed by atoms with E-state index in [0.717, 1.165) is 5.69 Å². The standard InChI is InChI=1S/C11H14N2O3/c1-15-11(14)9-7-10(12)13(16-9)8-5-3-2-4-6-8/h2-6,9-10H,7,12H2,1H3/t9-,10-/m1/s1. The zero-order valence-corrected chi connectivity index (χ0v) is 9.00. The number of hydroxylamine groups is 1. The molecule has 1 saturated heterocycles. The average Bonchev–Trinajstić information content (AvgIpc) is 2.71. The van der Waals surface area contributed by atoms with Crippen LogP contribution in [-0.4, -0.2) is 25.3 Å². The number of carbonyl (C=O) groups is 1. The lowest BCUT2D eigenvalue weighted by molar-refractivity contribution is -0.151. The van der Waals surface area contributed by atoms with E-state index >= 15 is 0 Å². The molecule has 5 nitrogen and oxygen atoms in total. The van der Waals surface area contributed by atoms with Crippen LogP contribution in [0.5, 0.6) is 0 Å². The van der Waals surface area contributed by atoms with E-state index in [4.69, 9.17) is 10.6 Å². The third-order valence-corrected chi connectivity index (χ3v) is 2.47. The zero-order valence-electron chi connectivity index (χ0n) is 9.00.